The fourth-order valence-corrected chi connectivity index (χ4v) is 0.880. The number of H-pyrrole nitrogens is 1. The minimum atomic E-state index is -0.427. The Hall–Kier alpha value is -1.78. The van der Waals surface area contributed by atoms with Gasteiger partial charge >= 0.3 is 0 Å². The van der Waals surface area contributed by atoms with E-state index < -0.39 is 5.91 Å². The summed E-state index contributed by atoms with van der Waals surface area (Å²) in [7, 11) is 0. The molecule has 5 nitrogen and oxygen atoms in total. The molecule has 54 valence electrons. The van der Waals surface area contributed by atoms with E-state index in [0.29, 0.717) is 0 Å². The van der Waals surface area contributed by atoms with E-state index in [9.17, 15) is 9.59 Å². The topological polar surface area (TPSA) is 75.2 Å². The molecule has 2 heterocycles. The lowest BCUT2D eigenvalue weighted by Gasteiger charge is -1.78. The minimum Gasteiger partial charge on any atom is -0.313 e. The van der Waals surface area contributed by atoms with E-state index in [-0.39, 0.29) is 16.3 Å². The molecular formula is C6H3N3O2. The van der Waals surface area contributed by atoms with Crippen LogP contribution in [0.3, 0.4) is 0 Å². The third-order valence-electron chi connectivity index (χ3n) is 1.35. The van der Waals surface area contributed by atoms with Crippen LogP contribution in [0.1, 0.15) is 0 Å². The number of hydrogen-bond donors (Lipinski definition) is 1. The predicted molar refractivity (Wildman–Crippen MR) is 35.1 cm³/mol. The van der Waals surface area contributed by atoms with Crippen LogP contribution in [-0.2, 0) is 4.79 Å². The van der Waals surface area contributed by atoms with Crippen molar-refractivity contribution in [3.63, 3.8) is 0 Å². The van der Waals surface area contributed by atoms with Gasteiger partial charge < -0.3 is 4.98 Å². The Morgan fingerprint density at radius 2 is 2.18 bits per heavy atom. The molecule has 0 unspecified atom stereocenters. The largest absolute Gasteiger partial charge is 0.313 e. The van der Waals surface area contributed by atoms with Gasteiger partial charge in [0.25, 0.3) is 11.5 Å². The molecule has 0 aliphatic carbocycles. The van der Waals surface area contributed by atoms with Crippen LogP contribution < -0.4 is 16.3 Å². The minimum absolute atomic E-state index is 0.207. The van der Waals surface area contributed by atoms with E-state index in [2.05, 4.69) is 15.0 Å². The number of amides is 1. The maximum atomic E-state index is 10.9. The first-order valence-corrected chi connectivity index (χ1v) is 2.95. The average molecular weight is 149 g/mol. The van der Waals surface area contributed by atoms with Crippen molar-refractivity contribution >= 4 is 12.0 Å². The van der Waals surface area contributed by atoms with Crippen molar-refractivity contribution < 1.29 is 4.79 Å². The average Bonchev–Trinajstić information content (AvgIpc) is 2.31. The van der Waals surface area contributed by atoms with E-state index >= 15 is 0 Å². The molecule has 0 spiro atoms. The summed E-state index contributed by atoms with van der Waals surface area (Å²) < 4.78 is 0. The Labute approximate surface area is 60.1 Å². The number of fused-ring (bicyclic) bond motifs is 1. The third kappa shape index (κ3) is 0.778. The fourth-order valence-electron chi connectivity index (χ4n) is 0.880. The van der Waals surface area contributed by atoms with Crippen molar-refractivity contribution in [2.45, 2.75) is 0 Å². The standard InChI is InChI=1S/C6H3N3O2/c10-4-1-3-5(9-4)7-2-8-6(3)11/h1-2H,(H,7,8,9,10,11). The molecule has 5 heteroatoms. The number of carbonyl (C=O) groups is 1. The van der Waals surface area contributed by atoms with Crippen LogP contribution in [0, 0.1) is 0 Å². The van der Waals surface area contributed by atoms with Gasteiger partial charge in [-0.2, -0.15) is 4.99 Å². The van der Waals surface area contributed by atoms with Gasteiger partial charge in [0.2, 0.25) is 0 Å². The van der Waals surface area contributed by atoms with E-state index in [1.165, 1.54) is 12.4 Å². The van der Waals surface area contributed by atoms with Crippen LogP contribution in [0.15, 0.2) is 16.1 Å². The number of hydrogen-bond acceptors (Lipinski definition) is 3. The highest BCUT2D eigenvalue weighted by Gasteiger charge is 2.05. The van der Waals surface area contributed by atoms with Gasteiger partial charge in [-0.15, -0.1) is 0 Å². The van der Waals surface area contributed by atoms with Crippen LogP contribution in [0.2, 0.25) is 0 Å². The second-order valence-corrected chi connectivity index (χ2v) is 2.06. The molecule has 1 N–H and O–H groups in total. The van der Waals surface area contributed by atoms with Crippen molar-refractivity contribution in [1.82, 2.24) is 9.97 Å². The number of carbonyl (C=O) groups excluding carboxylic acids is 1. The molecule has 0 aromatic carbocycles. The normalized spacial score (nSPS) is 13.6. The number of nitrogens with one attached hydrogen (secondary N) is 1. The van der Waals surface area contributed by atoms with Crippen molar-refractivity contribution in [1.29, 1.82) is 0 Å². The summed E-state index contributed by atoms with van der Waals surface area (Å²) in [5.41, 5.74) is -0.122. The fraction of sp³-hybridized carbons (Fsp3) is 0. The highest BCUT2D eigenvalue weighted by Crippen LogP contribution is 1.75. The first-order valence-electron chi connectivity index (χ1n) is 2.95. The molecule has 1 aromatic heterocycles. The molecule has 0 radical (unpaired) electrons. The van der Waals surface area contributed by atoms with Crippen molar-refractivity contribution in [2.75, 3.05) is 0 Å². The number of nitrogens with zero attached hydrogens (tertiary/aromatic N) is 2. The first kappa shape index (κ1) is 5.96. The van der Waals surface area contributed by atoms with Gasteiger partial charge in [-0.3, -0.25) is 9.59 Å². The molecule has 0 bridgehead atoms. The SMILES string of the molecule is O=C1C=c2c(nc[nH]c2=O)=N1. The lowest BCUT2D eigenvalue weighted by atomic mass is 10.4. The van der Waals surface area contributed by atoms with E-state index in [1.54, 1.807) is 0 Å². The molecule has 1 aliphatic rings. The van der Waals surface area contributed by atoms with E-state index in [0.717, 1.165) is 0 Å². The van der Waals surface area contributed by atoms with Gasteiger partial charge in [0.1, 0.15) is 0 Å². The number of aromatic amines is 1. The van der Waals surface area contributed by atoms with Crippen molar-refractivity contribution in [3.05, 3.63) is 27.4 Å². The molecule has 2 rings (SSSR count). The summed E-state index contributed by atoms with van der Waals surface area (Å²) in [5.74, 6) is -0.427. The van der Waals surface area contributed by atoms with Crippen LogP contribution in [0.4, 0.5) is 0 Å². The summed E-state index contributed by atoms with van der Waals surface area (Å²) in [6.07, 6.45) is 2.39. The summed E-state index contributed by atoms with van der Waals surface area (Å²) in [4.78, 5) is 31.1. The van der Waals surface area contributed by atoms with Gasteiger partial charge in [0.15, 0.2) is 5.49 Å². The van der Waals surface area contributed by atoms with Crippen molar-refractivity contribution in [2.24, 2.45) is 4.99 Å². The molecule has 1 amide bonds. The Kier molecular flexibility index (Phi) is 1.00. The Morgan fingerprint density at radius 1 is 1.36 bits per heavy atom. The molecule has 11 heavy (non-hydrogen) atoms. The number of rotatable bonds is 0. The zero-order valence-electron chi connectivity index (χ0n) is 5.37. The van der Waals surface area contributed by atoms with Crippen LogP contribution >= 0.6 is 0 Å². The molecule has 0 atom stereocenters. The maximum absolute atomic E-state index is 10.9. The zero-order valence-corrected chi connectivity index (χ0v) is 5.37. The maximum Gasteiger partial charge on any atom is 0.272 e. The quantitative estimate of drug-likeness (QED) is 0.451. The second-order valence-electron chi connectivity index (χ2n) is 2.06. The Bertz CT molecular complexity index is 485. The third-order valence-corrected chi connectivity index (χ3v) is 1.35. The van der Waals surface area contributed by atoms with Gasteiger partial charge in [-0.1, -0.05) is 0 Å². The van der Waals surface area contributed by atoms with Crippen LogP contribution in [0.25, 0.3) is 6.08 Å². The first-order chi connectivity index (χ1) is 5.27. The number of aromatic nitrogens is 2. The molecule has 1 aromatic rings. The summed E-state index contributed by atoms with van der Waals surface area (Å²) in [5, 5.41) is 0.248. The molecule has 0 saturated heterocycles. The molecule has 1 aliphatic heterocycles. The molecule has 0 fully saturated rings. The monoisotopic (exact) mass is 149 g/mol. The summed E-state index contributed by atoms with van der Waals surface area (Å²) >= 11 is 0. The smallest absolute Gasteiger partial charge is 0.272 e. The lowest BCUT2D eigenvalue weighted by molar-refractivity contribution is -0.112. The highest BCUT2D eigenvalue weighted by molar-refractivity contribution is 6.06. The Balaban J connectivity index is 3.10. The second kappa shape index (κ2) is 1.85. The summed E-state index contributed by atoms with van der Waals surface area (Å²) in [6, 6.07) is 0. The summed E-state index contributed by atoms with van der Waals surface area (Å²) in [6.45, 7) is 0. The van der Waals surface area contributed by atoms with E-state index in [1.807, 2.05) is 0 Å². The van der Waals surface area contributed by atoms with Crippen molar-refractivity contribution in [3.8, 4) is 0 Å². The Morgan fingerprint density at radius 3 is 2.91 bits per heavy atom. The van der Waals surface area contributed by atoms with Gasteiger partial charge in [-0.25, -0.2) is 4.98 Å². The lowest BCUT2D eigenvalue weighted by Crippen LogP contribution is -2.40. The van der Waals surface area contributed by atoms with Gasteiger partial charge in [-0.05, 0) is 0 Å². The van der Waals surface area contributed by atoms with Crippen LogP contribution in [0.5, 0.6) is 0 Å². The molecular weight excluding hydrogens is 146 g/mol. The van der Waals surface area contributed by atoms with Gasteiger partial charge in [0, 0.05) is 6.08 Å². The highest BCUT2D eigenvalue weighted by atomic mass is 16.1. The predicted octanol–water partition coefficient (Wildman–Crippen LogP) is -2.29. The van der Waals surface area contributed by atoms with E-state index in [4.69, 9.17) is 0 Å². The zero-order chi connectivity index (χ0) is 7.84. The molecule has 0 saturated carbocycles. The van der Waals surface area contributed by atoms with Crippen LogP contribution in [-0.4, -0.2) is 15.9 Å². The van der Waals surface area contributed by atoms with Gasteiger partial charge in [0.05, 0.1) is 11.5 Å².